The highest BCUT2D eigenvalue weighted by atomic mass is 35.5. The van der Waals surface area contributed by atoms with Gasteiger partial charge >= 0.3 is 6.09 Å². The standard InChI is InChI=1S/C14H15ClN2O3/c15-13-7-12(4-1-9(13)8-16)20-11-5-2-10(3-6-11)17-14(18)19/h1,4,7,10-11,17H,2-3,5-6H2,(H,18,19). The summed E-state index contributed by atoms with van der Waals surface area (Å²) in [4.78, 5) is 10.6. The van der Waals surface area contributed by atoms with Crippen LogP contribution in [0.1, 0.15) is 31.2 Å². The number of nitrogens with one attached hydrogen (secondary N) is 1. The van der Waals surface area contributed by atoms with Gasteiger partial charge in [-0.1, -0.05) is 11.6 Å². The summed E-state index contributed by atoms with van der Waals surface area (Å²) in [5.41, 5.74) is 0.424. The Bertz CT molecular complexity index is 534. The predicted molar refractivity (Wildman–Crippen MR) is 74.0 cm³/mol. The Morgan fingerprint density at radius 3 is 2.65 bits per heavy atom. The molecular weight excluding hydrogens is 280 g/mol. The van der Waals surface area contributed by atoms with E-state index in [4.69, 9.17) is 26.7 Å². The third kappa shape index (κ3) is 3.78. The number of halogens is 1. The van der Waals surface area contributed by atoms with E-state index < -0.39 is 6.09 Å². The molecule has 5 nitrogen and oxygen atoms in total. The first-order chi connectivity index (χ1) is 9.58. The predicted octanol–water partition coefficient (Wildman–Crippen LogP) is 3.17. The second-order valence-corrected chi connectivity index (χ2v) is 5.20. The SMILES string of the molecule is N#Cc1ccc(OC2CCC(NC(=O)O)CC2)cc1Cl. The van der Waals surface area contributed by atoms with Gasteiger partial charge in [-0.05, 0) is 37.8 Å². The van der Waals surface area contributed by atoms with Crippen LogP contribution in [0.15, 0.2) is 18.2 Å². The van der Waals surface area contributed by atoms with Crippen LogP contribution in [-0.2, 0) is 0 Å². The zero-order valence-electron chi connectivity index (χ0n) is 10.8. The molecule has 1 aromatic rings. The Balaban J connectivity index is 1.88. The summed E-state index contributed by atoms with van der Waals surface area (Å²) in [6, 6.07) is 7.01. The number of amides is 1. The highest BCUT2D eigenvalue weighted by Gasteiger charge is 2.23. The quantitative estimate of drug-likeness (QED) is 0.897. The molecule has 2 rings (SSSR count). The van der Waals surface area contributed by atoms with Crippen molar-refractivity contribution < 1.29 is 14.6 Å². The van der Waals surface area contributed by atoms with Crippen molar-refractivity contribution in [2.24, 2.45) is 0 Å². The van der Waals surface area contributed by atoms with Gasteiger partial charge in [0, 0.05) is 12.1 Å². The first kappa shape index (κ1) is 14.5. The second-order valence-electron chi connectivity index (χ2n) is 4.79. The molecule has 1 amide bonds. The topological polar surface area (TPSA) is 82.3 Å². The maximum atomic E-state index is 10.6. The lowest BCUT2D eigenvalue weighted by Crippen LogP contribution is -2.38. The molecule has 1 aromatic carbocycles. The molecule has 0 spiro atoms. The minimum absolute atomic E-state index is 0.0110. The van der Waals surface area contributed by atoms with Crippen molar-refractivity contribution in [2.75, 3.05) is 0 Å². The number of nitrogens with zero attached hydrogens (tertiary/aromatic N) is 1. The van der Waals surface area contributed by atoms with Crippen molar-refractivity contribution in [3.8, 4) is 11.8 Å². The minimum Gasteiger partial charge on any atom is -0.490 e. The summed E-state index contributed by atoms with van der Waals surface area (Å²) in [7, 11) is 0. The van der Waals surface area contributed by atoms with Gasteiger partial charge in [-0.15, -0.1) is 0 Å². The highest BCUT2D eigenvalue weighted by molar-refractivity contribution is 6.31. The number of nitriles is 1. The van der Waals surface area contributed by atoms with E-state index in [1.807, 2.05) is 6.07 Å². The molecule has 1 fully saturated rings. The van der Waals surface area contributed by atoms with E-state index in [1.54, 1.807) is 18.2 Å². The Hall–Kier alpha value is -1.93. The molecule has 0 atom stereocenters. The van der Waals surface area contributed by atoms with Crippen LogP contribution in [0.5, 0.6) is 5.75 Å². The van der Waals surface area contributed by atoms with Gasteiger partial charge in [0.1, 0.15) is 11.8 Å². The van der Waals surface area contributed by atoms with Gasteiger partial charge < -0.3 is 15.2 Å². The van der Waals surface area contributed by atoms with Gasteiger partial charge in [-0.25, -0.2) is 4.79 Å². The first-order valence-electron chi connectivity index (χ1n) is 6.44. The molecule has 0 unspecified atom stereocenters. The smallest absolute Gasteiger partial charge is 0.404 e. The molecule has 0 bridgehead atoms. The molecule has 0 saturated heterocycles. The number of rotatable bonds is 3. The molecule has 20 heavy (non-hydrogen) atoms. The van der Waals surface area contributed by atoms with Crippen LogP contribution in [0, 0.1) is 11.3 Å². The van der Waals surface area contributed by atoms with E-state index in [0.717, 1.165) is 25.7 Å². The number of benzene rings is 1. The van der Waals surface area contributed by atoms with Crippen molar-refractivity contribution in [3.05, 3.63) is 28.8 Å². The van der Waals surface area contributed by atoms with Crippen LogP contribution in [0.25, 0.3) is 0 Å². The van der Waals surface area contributed by atoms with E-state index in [9.17, 15) is 4.79 Å². The molecule has 0 aromatic heterocycles. The lowest BCUT2D eigenvalue weighted by molar-refractivity contribution is 0.134. The fraction of sp³-hybridized carbons (Fsp3) is 0.429. The number of hydrogen-bond donors (Lipinski definition) is 2. The monoisotopic (exact) mass is 294 g/mol. The minimum atomic E-state index is -0.978. The molecule has 1 aliphatic rings. The third-order valence-corrected chi connectivity index (χ3v) is 3.68. The van der Waals surface area contributed by atoms with E-state index in [0.29, 0.717) is 16.3 Å². The summed E-state index contributed by atoms with van der Waals surface area (Å²) in [5, 5.41) is 20.3. The summed E-state index contributed by atoms with van der Waals surface area (Å²) < 4.78 is 5.82. The Morgan fingerprint density at radius 2 is 2.10 bits per heavy atom. The van der Waals surface area contributed by atoms with Crippen LogP contribution in [0.3, 0.4) is 0 Å². The maximum absolute atomic E-state index is 10.6. The lowest BCUT2D eigenvalue weighted by Gasteiger charge is -2.28. The van der Waals surface area contributed by atoms with Crippen LogP contribution in [0.4, 0.5) is 4.79 Å². The molecular formula is C14H15ClN2O3. The maximum Gasteiger partial charge on any atom is 0.404 e. The summed E-state index contributed by atoms with van der Waals surface area (Å²) in [6.45, 7) is 0. The normalized spacial score (nSPS) is 21.8. The first-order valence-corrected chi connectivity index (χ1v) is 6.82. The lowest BCUT2D eigenvalue weighted by atomic mass is 9.93. The average Bonchev–Trinajstić information content (AvgIpc) is 2.41. The van der Waals surface area contributed by atoms with Gasteiger partial charge in [-0.2, -0.15) is 5.26 Å². The van der Waals surface area contributed by atoms with Crippen molar-refractivity contribution in [3.63, 3.8) is 0 Å². The van der Waals surface area contributed by atoms with Gasteiger partial charge in [0.25, 0.3) is 0 Å². The van der Waals surface area contributed by atoms with E-state index in [-0.39, 0.29) is 12.1 Å². The zero-order valence-corrected chi connectivity index (χ0v) is 11.6. The Morgan fingerprint density at radius 1 is 1.40 bits per heavy atom. The fourth-order valence-electron chi connectivity index (χ4n) is 2.35. The van der Waals surface area contributed by atoms with Crippen molar-refractivity contribution >= 4 is 17.7 Å². The molecule has 1 saturated carbocycles. The van der Waals surface area contributed by atoms with E-state index in [2.05, 4.69) is 5.32 Å². The van der Waals surface area contributed by atoms with Crippen LogP contribution < -0.4 is 10.1 Å². The highest BCUT2D eigenvalue weighted by Crippen LogP contribution is 2.27. The van der Waals surface area contributed by atoms with Crippen molar-refractivity contribution in [1.82, 2.24) is 5.32 Å². The molecule has 0 aliphatic heterocycles. The third-order valence-electron chi connectivity index (χ3n) is 3.37. The molecule has 0 heterocycles. The van der Waals surface area contributed by atoms with Crippen LogP contribution in [-0.4, -0.2) is 23.3 Å². The summed E-state index contributed by atoms with van der Waals surface area (Å²) in [5.74, 6) is 0.642. The Kier molecular flexibility index (Phi) is 4.70. The number of hydrogen-bond acceptors (Lipinski definition) is 3. The van der Waals surface area contributed by atoms with Gasteiger partial charge in [0.2, 0.25) is 0 Å². The van der Waals surface area contributed by atoms with Crippen molar-refractivity contribution in [2.45, 2.75) is 37.8 Å². The number of ether oxygens (including phenoxy) is 1. The van der Waals surface area contributed by atoms with E-state index >= 15 is 0 Å². The largest absolute Gasteiger partial charge is 0.490 e. The van der Waals surface area contributed by atoms with Crippen LogP contribution in [0.2, 0.25) is 5.02 Å². The summed E-state index contributed by atoms with van der Waals surface area (Å²) >= 11 is 5.95. The molecule has 6 heteroatoms. The number of carbonyl (C=O) groups is 1. The average molecular weight is 295 g/mol. The second kappa shape index (κ2) is 6.49. The van der Waals surface area contributed by atoms with Gasteiger partial charge in [-0.3, -0.25) is 0 Å². The van der Waals surface area contributed by atoms with Crippen LogP contribution >= 0.6 is 11.6 Å². The Labute approximate surface area is 122 Å². The molecule has 1 aliphatic carbocycles. The zero-order chi connectivity index (χ0) is 14.5. The molecule has 106 valence electrons. The fourth-order valence-corrected chi connectivity index (χ4v) is 2.56. The molecule has 0 radical (unpaired) electrons. The van der Waals surface area contributed by atoms with E-state index in [1.165, 1.54) is 0 Å². The summed E-state index contributed by atoms with van der Waals surface area (Å²) in [6.07, 6.45) is 2.20. The van der Waals surface area contributed by atoms with Gasteiger partial charge in [0.15, 0.2) is 0 Å². The van der Waals surface area contributed by atoms with Gasteiger partial charge in [0.05, 0.1) is 16.7 Å². The molecule has 2 N–H and O–H groups in total. The number of carboxylic acid groups (broad SMARTS) is 1. The van der Waals surface area contributed by atoms with Crippen molar-refractivity contribution in [1.29, 1.82) is 5.26 Å².